The normalized spacial score (nSPS) is 19.1. The minimum absolute atomic E-state index is 1.13. The van der Waals surface area contributed by atoms with E-state index in [1.54, 1.807) is 11.8 Å². The Morgan fingerprint density at radius 1 is 1.86 bits per heavy atom. The molecule has 2 heteroatoms. The van der Waals surface area contributed by atoms with Crippen LogP contribution >= 0.6 is 11.8 Å². The lowest BCUT2D eigenvalue weighted by molar-refractivity contribution is 1.27. The van der Waals surface area contributed by atoms with Gasteiger partial charge in [-0.3, -0.25) is 0 Å². The van der Waals surface area contributed by atoms with Crippen LogP contribution in [-0.2, 0) is 0 Å². The fourth-order valence-corrected chi connectivity index (χ4v) is 1.33. The molecule has 1 aliphatic heterocycles. The Labute approximate surface area is 47.3 Å². The summed E-state index contributed by atoms with van der Waals surface area (Å²) in [5.41, 5.74) is 0. The molecule has 38 valence electrons. The van der Waals surface area contributed by atoms with E-state index in [1.165, 1.54) is 12.0 Å². The van der Waals surface area contributed by atoms with E-state index in [4.69, 9.17) is 5.41 Å². The van der Waals surface area contributed by atoms with Gasteiger partial charge in [0.15, 0.2) is 0 Å². The summed E-state index contributed by atoms with van der Waals surface area (Å²) in [7, 11) is 0. The molecule has 0 amide bonds. The van der Waals surface area contributed by atoms with Crippen LogP contribution in [0.5, 0.6) is 0 Å². The van der Waals surface area contributed by atoms with Crippen LogP contribution in [0.1, 0.15) is 6.42 Å². The highest BCUT2D eigenvalue weighted by Gasteiger charge is 1.98. The Bertz CT molecular complexity index is 107. The minimum atomic E-state index is 1.13. The Kier molecular flexibility index (Phi) is 1.52. The maximum Gasteiger partial charge on any atom is 0.0310 e. The molecule has 1 heterocycles. The van der Waals surface area contributed by atoms with Gasteiger partial charge in [-0.05, 0) is 6.42 Å². The third kappa shape index (κ3) is 1.06. The van der Waals surface area contributed by atoms with E-state index in [1.807, 2.05) is 0 Å². The topological polar surface area (TPSA) is 23.9 Å². The van der Waals surface area contributed by atoms with Crippen molar-refractivity contribution in [2.24, 2.45) is 0 Å². The summed E-state index contributed by atoms with van der Waals surface area (Å²) in [5, 5.41) is 6.79. The van der Waals surface area contributed by atoms with Gasteiger partial charge in [0.25, 0.3) is 0 Å². The fourth-order valence-electron chi connectivity index (χ4n) is 0.537. The lowest BCUT2D eigenvalue weighted by atomic mass is 10.4. The van der Waals surface area contributed by atoms with Crippen LogP contribution in [0.15, 0.2) is 11.0 Å². The Morgan fingerprint density at radius 3 is 3.00 bits per heavy atom. The van der Waals surface area contributed by atoms with Gasteiger partial charge in [-0.15, -0.1) is 11.8 Å². The van der Waals surface area contributed by atoms with Crippen molar-refractivity contribution in [1.29, 1.82) is 5.41 Å². The second-order valence-corrected chi connectivity index (χ2v) is 2.56. The first-order valence-corrected chi connectivity index (χ1v) is 3.25. The van der Waals surface area contributed by atoms with Gasteiger partial charge in [-0.1, -0.05) is 6.08 Å². The molecule has 0 saturated heterocycles. The molecule has 1 N–H and O–H groups in total. The third-order valence-corrected chi connectivity index (χ3v) is 1.93. The molecular formula is C5H7NS. The summed E-state index contributed by atoms with van der Waals surface area (Å²) in [6, 6.07) is 0. The summed E-state index contributed by atoms with van der Waals surface area (Å²) in [5.74, 6) is 1.17. The average molecular weight is 113 g/mol. The molecule has 0 unspecified atom stereocenters. The maximum atomic E-state index is 6.79. The largest absolute Gasteiger partial charge is 0.308 e. The Morgan fingerprint density at radius 2 is 2.71 bits per heavy atom. The number of hydrogen-bond acceptors (Lipinski definition) is 2. The van der Waals surface area contributed by atoms with E-state index in [0.717, 1.165) is 11.3 Å². The molecule has 1 rings (SSSR count). The number of nitrogens with one attached hydrogen (secondary N) is 1. The summed E-state index contributed by atoms with van der Waals surface area (Å²) in [6.45, 7) is 0. The molecule has 0 aliphatic carbocycles. The Balaban J connectivity index is 2.51. The van der Waals surface area contributed by atoms with E-state index >= 15 is 0 Å². The molecule has 1 nitrogen and oxygen atoms in total. The third-order valence-electron chi connectivity index (χ3n) is 0.874. The molecule has 0 radical (unpaired) electrons. The van der Waals surface area contributed by atoms with Crippen LogP contribution in [0.4, 0.5) is 0 Å². The fraction of sp³-hybridized carbons (Fsp3) is 0.400. The second-order valence-electron chi connectivity index (χ2n) is 1.39. The minimum Gasteiger partial charge on any atom is -0.308 e. The van der Waals surface area contributed by atoms with Crippen molar-refractivity contribution in [2.45, 2.75) is 6.42 Å². The Hall–Kier alpha value is -0.240. The number of hydrogen-bond donors (Lipinski definition) is 1. The van der Waals surface area contributed by atoms with E-state index < -0.39 is 0 Å². The molecule has 0 aromatic carbocycles. The lowest BCUT2D eigenvalue weighted by Crippen LogP contribution is -1.66. The van der Waals surface area contributed by atoms with Crippen molar-refractivity contribution in [3.63, 3.8) is 0 Å². The first-order chi connectivity index (χ1) is 3.43. The van der Waals surface area contributed by atoms with Crippen molar-refractivity contribution in [3.8, 4) is 0 Å². The molecule has 0 spiro atoms. The quantitative estimate of drug-likeness (QED) is 0.514. The molecule has 0 aromatic rings. The van der Waals surface area contributed by atoms with Crippen molar-refractivity contribution in [2.75, 3.05) is 5.75 Å². The summed E-state index contributed by atoms with van der Waals surface area (Å²) >= 11 is 1.76. The van der Waals surface area contributed by atoms with Crippen molar-refractivity contribution in [3.05, 3.63) is 11.0 Å². The average Bonchev–Trinajstić information content (AvgIpc) is 2.14. The number of rotatable bonds is 1. The van der Waals surface area contributed by atoms with Gasteiger partial charge >= 0.3 is 0 Å². The SMILES string of the molecule is N=CC1=CCCS1. The van der Waals surface area contributed by atoms with Crippen LogP contribution in [-0.4, -0.2) is 12.0 Å². The predicted molar refractivity (Wildman–Crippen MR) is 33.9 cm³/mol. The maximum absolute atomic E-state index is 6.79. The van der Waals surface area contributed by atoms with Gasteiger partial charge < -0.3 is 5.41 Å². The molecular weight excluding hydrogens is 106 g/mol. The van der Waals surface area contributed by atoms with Crippen LogP contribution < -0.4 is 0 Å². The molecule has 1 aliphatic rings. The van der Waals surface area contributed by atoms with E-state index in [2.05, 4.69) is 6.08 Å². The summed E-state index contributed by atoms with van der Waals surface area (Å²) < 4.78 is 0. The summed E-state index contributed by atoms with van der Waals surface area (Å²) in [6.07, 6.45) is 4.66. The standard InChI is InChI=1S/C5H7NS/c6-4-5-2-1-3-7-5/h2,4,6H,1,3H2. The highest BCUT2D eigenvalue weighted by Crippen LogP contribution is 2.21. The van der Waals surface area contributed by atoms with E-state index in [0.29, 0.717) is 0 Å². The van der Waals surface area contributed by atoms with Crippen LogP contribution in [0.2, 0.25) is 0 Å². The zero-order valence-electron chi connectivity index (χ0n) is 3.98. The van der Waals surface area contributed by atoms with E-state index in [9.17, 15) is 0 Å². The van der Waals surface area contributed by atoms with Gasteiger partial charge in [0.05, 0.1) is 0 Å². The van der Waals surface area contributed by atoms with Crippen LogP contribution in [0.25, 0.3) is 0 Å². The highest BCUT2D eigenvalue weighted by atomic mass is 32.2. The van der Waals surface area contributed by atoms with Crippen LogP contribution in [0, 0.1) is 5.41 Å². The van der Waals surface area contributed by atoms with Gasteiger partial charge in [0.1, 0.15) is 0 Å². The van der Waals surface area contributed by atoms with Crippen molar-refractivity contribution in [1.82, 2.24) is 0 Å². The molecule has 0 aromatic heterocycles. The molecule has 0 atom stereocenters. The van der Waals surface area contributed by atoms with Crippen molar-refractivity contribution >= 4 is 18.0 Å². The van der Waals surface area contributed by atoms with Gasteiger partial charge in [0, 0.05) is 16.9 Å². The number of allylic oxidation sites excluding steroid dienone is 2. The zero-order valence-corrected chi connectivity index (χ0v) is 4.79. The van der Waals surface area contributed by atoms with Crippen molar-refractivity contribution < 1.29 is 0 Å². The number of thioether (sulfide) groups is 1. The zero-order chi connectivity index (χ0) is 5.11. The smallest absolute Gasteiger partial charge is 0.0310 e. The highest BCUT2D eigenvalue weighted by molar-refractivity contribution is 8.04. The molecule has 7 heavy (non-hydrogen) atoms. The summed E-state index contributed by atoms with van der Waals surface area (Å²) in [4.78, 5) is 1.13. The molecule has 0 bridgehead atoms. The van der Waals surface area contributed by atoms with Crippen LogP contribution in [0.3, 0.4) is 0 Å². The monoisotopic (exact) mass is 113 g/mol. The first kappa shape index (κ1) is 4.91. The van der Waals surface area contributed by atoms with E-state index in [-0.39, 0.29) is 0 Å². The first-order valence-electron chi connectivity index (χ1n) is 2.27. The second kappa shape index (κ2) is 2.17. The van der Waals surface area contributed by atoms with Gasteiger partial charge in [-0.25, -0.2) is 0 Å². The van der Waals surface area contributed by atoms with Gasteiger partial charge in [0.2, 0.25) is 0 Å². The molecule has 0 fully saturated rings. The predicted octanol–water partition coefficient (Wildman–Crippen LogP) is 1.66. The van der Waals surface area contributed by atoms with Gasteiger partial charge in [-0.2, -0.15) is 0 Å². The molecule has 0 saturated carbocycles. The lowest BCUT2D eigenvalue weighted by Gasteiger charge is -1.82.